The fourth-order valence-corrected chi connectivity index (χ4v) is 1.19. The fourth-order valence-electron chi connectivity index (χ4n) is 0.639. The molecule has 0 spiro atoms. The Morgan fingerprint density at radius 2 is 2.07 bits per heavy atom. The molecule has 1 N–H and O–H groups in total. The maximum absolute atomic E-state index is 11.5. The van der Waals surface area contributed by atoms with Crippen molar-refractivity contribution < 1.29 is 17.9 Å². The van der Waals surface area contributed by atoms with Gasteiger partial charge < -0.3 is 5.32 Å². The highest BCUT2D eigenvalue weighted by Gasteiger charge is 2.28. The highest BCUT2D eigenvalue weighted by atomic mass is 32.2. The van der Waals surface area contributed by atoms with Crippen LogP contribution in [0.25, 0.3) is 0 Å². The first kappa shape index (κ1) is 13.6. The van der Waals surface area contributed by atoms with E-state index >= 15 is 0 Å². The average molecular weight is 227 g/mol. The zero-order valence-electron chi connectivity index (χ0n) is 7.56. The first-order valence-electron chi connectivity index (χ1n) is 3.99. The third-order valence-electron chi connectivity index (χ3n) is 1.15. The van der Waals surface area contributed by atoms with Crippen molar-refractivity contribution >= 4 is 11.8 Å². The van der Waals surface area contributed by atoms with Crippen LogP contribution in [0.1, 0.15) is 0 Å². The number of thioether (sulfide) groups is 1. The van der Waals surface area contributed by atoms with Crippen LogP contribution in [0.4, 0.5) is 13.2 Å². The van der Waals surface area contributed by atoms with Gasteiger partial charge in [-0.1, -0.05) is 5.92 Å². The number of halogens is 3. The van der Waals surface area contributed by atoms with E-state index in [9.17, 15) is 13.2 Å². The summed E-state index contributed by atoms with van der Waals surface area (Å²) in [4.78, 5) is 0. The molecule has 0 rings (SSSR count). The first-order chi connectivity index (χ1) is 6.56. The van der Waals surface area contributed by atoms with E-state index in [1.807, 2.05) is 0 Å². The summed E-state index contributed by atoms with van der Waals surface area (Å²) in [5, 5.41) is 2.80. The summed E-state index contributed by atoms with van der Waals surface area (Å²) in [5.41, 5.74) is 0. The van der Waals surface area contributed by atoms with Crippen LogP contribution in [-0.4, -0.2) is 37.6 Å². The van der Waals surface area contributed by atoms with Crippen molar-refractivity contribution in [2.75, 3.05) is 31.2 Å². The van der Waals surface area contributed by atoms with Gasteiger partial charge in [0.05, 0.1) is 12.4 Å². The third-order valence-corrected chi connectivity index (χ3v) is 2.02. The summed E-state index contributed by atoms with van der Waals surface area (Å²) in [6.07, 6.45) is 0.475. The van der Waals surface area contributed by atoms with Gasteiger partial charge in [0.2, 0.25) is 0 Å². The molecule has 0 saturated carbocycles. The predicted octanol–water partition coefficient (Wildman–Crippen LogP) is 1.48. The largest absolute Gasteiger partial charge is 0.522 e. The number of ether oxygens (including phenoxy) is 1. The van der Waals surface area contributed by atoms with Gasteiger partial charge >= 0.3 is 6.36 Å². The summed E-state index contributed by atoms with van der Waals surface area (Å²) < 4.78 is 37.9. The molecule has 0 fully saturated rings. The second-order valence-corrected chi connectivity index (χ2v) is 3.41. The van der Waals surface area contributed by atoms with E-state index in [1.54, 1.807) is 11.8 Å². The monoisotopic (exact) mass is 227 g/mol. The minimum atomic E-state index is -4.53. The molecule has 0 aromatic carbocycles. The average Bonchev–Trinajstić information content (AvgIpc) is 2.08. The Kier molecular flexibility index (Phi) is 7.76. The molecule has 0 atom stereocenters. The van der Waals surface area contributed by atoms with Crippen molar-refractivity contribution in [1.29, 1.82) is 0 Å². The Morgan fingerprint density at radius 3 is 2.64 bits per heavy atom. The minimum absolute atomic E-state index is 0.191. The van der Waals surface area contributed by atoms with Crippen LogP contribution >= 0.6 is 11.8 Å². The van der Waals surface area contributed by atoms with Crippen LogP contribution in [0.5, 0.6) is 0 Å². The van der Waals surface area contributed by atoms with Crippen molar-refractivity contribution in [3.05, 3.63) is 0 Å². The van der Waals surface area contributed by atoms with Crippen LogP contribution in [0.15, 0.2) is 0 Å². The number of hydrogen-bond donors (Lipinski definition) is 1. The predicted molar refractivity (Wildman–Crippen MR) is 51.0 cm³/mol. The molecular formula is C8H12F3NOS. The van der Waals surface area contributed by atoms with E-state index in [-0.39, 0.29) is 13.2 Å². The van der Waals surface area contributed by atoms with Gasteiger partial charge in [0.1, 0.15) is 0 Å². The molecule has 14 heavy (non-hydrogen) atoms. The molecule has 0 aliphatic heterocycles. The maximum atomic E-state index is 11.5. The van der Waals surface area contributed by atoms with E-state index in [0.29, 0.717) is 12.3 Å². The molecule has 0 saturated heterocycles. The summed E-state index contributed by atoms with van der Waals surface area (Å²) in [5.74, 6) is 3.87. The lowest BCUT2D eigenvalue weighted by Crippen LogP contribution is -2.25. The zero-order valence-corrected chi connectivity index (χ0v) is 8.38. The molecule has 2 nitrogen and oxygen atoms in total. The normalized spacial score (nSPS) is 11.3. The zero-order chi connectivity index (χ0) is 10.9. The maximum Gasteiger partial charge on any atom is 0.522 e. The fraction of sp³-hybridized carbons (Fsp3) is 0.750. The van der Waals surface area contributed by atoms with Crippen LogP contribution < -0.4 is 5.32 Å². The van der Waals surface area contributed by atoms with E-state index < -0.39 is 6.36 Å². The Morgan fingerprint density at radius 1 is 1.36 bits per heavy atom. The molecule has 0 aromatic heterocycles. The van der Waals surface area contributed by atoms with Gasteiger partial charge in [-0.05, 0) is 0 Å². The number of rotatable bonds is 7. The summed E-state index contributed by atoms with van der Waals surface area (Å²) in [6, 6.07) is 0. The van der Waals surface area contributed by atoms with Gasteiger partial charge in [0.25, 0.3) is 0 Å². The van der Waals surface area contributed by atoms with Gasteiger partial charge in [-0.3, -0.25) is 4.74 Å². The van der Waals surface area contributed by atoms with Crippen LogP contribution in [0.2, 0.25) is 0 Å². The molecule has 0 radical (unpaired) electrons. The molecule has 0 unspecified atom stereocenters. The second kappa shape index (κ2) is 7.97. The van der Waals surface area contributed by atoms with Crippen molar-refractivity contribution in [3.8, 4) is 12.3 Å². The van der Waals surface area contributed by atoms with Crippen molar-refractivity contribution in [2.24, 2.45) is 0 Å². The summed E-state index contributed by atoms with van der Waals surface area (Å²) in [7, 11) is 0. The molecule has 0 bridgehead atoms. The van der Waals surface area contributed by atoms with Crippen molar-refractivity contribution in [2.45, 2.75) is 6.36 Å². The van der Waals surface area contributed by atoms with Crippen LogP contribution in [0.3, 0.4) is 0 Å². The molecule has 6 heteroatoms. The van der Waals surface area contributed by atoms with E-state index in [0.717, 1.165) is 5.75 Å². The second-order valence-electron chi connectivity index (χ2n) is 2.30. The highest BCUT2D eigenvalue weighted by molar-refractivity contribution is 7.99. The molecule has 0 aliphatic rings. The Labute approximate surface area is 85.6 Å². The topological polar surface area (TPSA) is 21.3 Å². The Hall–Kier alpha value is -0.380. The Balaban J connectivity index is 3.04. The van der Waals surface area contributed by atoms with Crippen LogP contribution in [-0.2, 0) is 4.74 Å². The van der Waals surface area contributed by atoms with E-state index in [2.05, 4.69) is 16.0 Å². The van der Waals surface area contributed by atoms with E-state index in [1.165, 1.54) is 0 Å². The quantitative estimate of drug-likeness (QED) is 0.526. The van der Waals surface area contributed by atoms with Gasteiger partial charge in [-0.15, -0.1) is 31.4 Å². The van der Waals surface area contributed by atoms with Crippen molar-refractivity contribution in [1.82, 2.24) is 5.32 Å². The molecule has 0 heterocycles. The highest BCUT2D eigenvalue weighted by Crippen LogP contribution is 2.14. The molecule has 82 valence electrons. The van der Waals surface area contributed by atoms with Gasteiger partial charge in [-0.25, -0.2) is 0 Å². The lowest BCUT2D eigenvalue weighted by molar-refractivity contribution is -0.323. The Bertz CT molecular complexity index is 178. The number of terminal acetylenes is 1. The first-order valence-corrected chi connectivity index (χ1v) is 5.14. The lowest BCUT2D eigenvalue weighted by Gasteiger charge is -2.07. The lowest BCUT2D eigenvalue weighted by atomic mass is 10.6. The summed E-state index contributed by atoms with van der Waals surface area (Å²) in [6.45, 7) is 0.465. The van der Waals surface area contributed by atoms with Gasteiger partial charge in [0, 0.05) is 18.8 Å². The standard InChI is InChI=1S/C8H12F3NOS/c1-2-6-14-7-4-12-3-5-13-8(9,10)11/h1,12H,3-7H2. The van der Waals surface area contributed by atoms with E-state index in [4.69, 9.17) is 6.42 Å². The third kappa shape index (κ3) is 11.6. The number of nitrogens with one attached hydrogen (secondary N) is 1. The van der Waals surface area contributed by atoms with Crippen molar-refractivity contribution in [3.63, 3.8) is 0 Å². The molecular weight excluding hydrogens is 215 g/mol. The SMILES string of the molecule is C#CCSCCNCCOC(F)(F)F. The van der Waals surface area contributed by atoms with Crippen LogP contribution in [0, 0.1) is 12.3 Å². The number of alkyl halides is 3. The molecule has 0 aliphatic carbocycles. The number of hydrogen-bond acceptors (Lipinski definition) is 3. The minimum Gasteiger partial charge on any atom is -0.314 e. The molecule has 0 aromatic rings. The smallest absolute Gasteiger partial charge is 0.314 e. The summed E-state index contributed by atoms with van der Waals surface area (Å²) >= 11 is 1.56. The van der Waals surface area contributed by atoms with Gasteiger partial charge in [0.15, 0.2) is 0 Å². The molecule has 0 amide bonds. The van der Waals surface area contributed by atoms with Gasteiger partial charge in [-0.2, -0.15) is 0 Å².